The number of hydrogen-bond donors (Lipinski definition) is 0. The summed E-state index contributed by atoms with van der Waals surface area (Å²) in [5, 5.41) is -0.328. The van der Waals surface area contributed by atoms with Crippen LogP contribution in [0.4, 0.5) is 4.79 Å². The monoisotopic (exact) mass is 423 g/mol. The SMILES string of the molecule is COc1ccccc1OCCN1C(=O)S/C(=C\c2ccc(Br)o2)C1=O. The number of rotatable bonds is 6. The minimum absolute atomic E-state index is 0.155. The number of methoxy groups -OCH3 is 1. The van der Waals surface area contributed by atoms with Gasteiger partial charge in [0, 0.05) is 6.08 Å². The van der Waals surface area contributed by atoms with E-state index >= 15 is 0 Å². The standard InChI is InChI=1S/C17H14BrNO5S/c1-22-12-4-2-3-5-13(12)23-9-8-19-16(20)14(25-17(19)21)10-11-6-7-15(18)24-11/h2-7,10H,8-9H2,1H3/b14-10-. The number of amides is 2. The maximum Gasteiger partial charge on any atom is 0.293 e. The second-order valence-electron chi connectivity index (χ2n) is 4.97. The molecule has 0 saturated carbocycles. The van der Waals surface area contributed by atoms with Gasteiger partial charge in [0.15, 0.2) is 16.2 Å². The van der Waals surface area contributed by atoms with Gasteiger partial charge in [-0.2, -0.15) is 0 Å². The summed E-state index contributed by atoms with van der Waals surface area (Å²) in [5.74, 6) is 1.31. The maximum atomic E-state index is 12.4. The molecule has 2 amide bonds. The normalized spacial score (nSPS) is 15.9. The van der Waals surface area contributed by atoms with E-state index in [0.717, 1.165) is 16.7 Å². The van der Waals surface area contributed by atoms with Crippen LogP contribution in [0.15, 0.2) is 50.4 Å². The van der Waals surface area contributed by atoms with Gasteiger partial charge in [0.05, 0.1) is 18.6 Å². The van der Waals surface area contributed by atoms with Gasteiger partial charge < -0.3 is 13.9 Å². The number of halogens is 1. The molecule has 3 rings (SSSR count). The zero-order valence-electron chi connectivity index (χ0n) is 13.2. The van der Waals surface area contributed by atoms with Crippen molar-refractivity contribution in [2.45, 2.75) is 0 Å². The zero-order chi connectivity index (χ0) is 17.8. The van der Waals surface area contributed by atoms with Crippen LogP contribution in [0.2, 0.25) is 0 Å². The van der Waals surface area contributed by atoms with Gasteiger partial charge in [-0.15, -0.1) is 0 Å². The Hall–Kier alpha value is -2.19. The minimum Gasteiger partial charge on any atom is -0.493 e. The number of imide groups is 1. The second-order valence-corrected chi connectivity index (χ2v) is 6.75. The number of para-hydroxylation sites is 2. The fourth-order valence-corrected chi connectivity index (χ4v) is 3.38. The molecule has 1 aliphatic rings. The molecule has 0 unspecified atom stereocenters. The molecule has 2 aromatic rings. The van der Waals surface area contributed by atoms with Crippen molar-refractivity contribution < 1.29 is 23.5 Å². The molecule has 6 nitrogen and oxygen atoms in total. The first kappa shape index (κ1) is 17.6. The van der Waals surface area contributed by atoms with Gasteiger partial charge in [-0.1, -0.05) is 12.1 Å². The van der Waals surface area contributed by atoms with E-state index in [-0.39, 0.29) is 24.3 Å². The number of thioether (sulfide) groups is 1. The lowest BCUT2D eigenvalue weighted by Gasteiger charge is -2.14. The molecule has 25 heavy (non-hydrogen) atoms. The first-order valence-corrected chi connectivity index (χ1v) is 8.96. The number of hydrogen-bond acceptors (Lipinski definition) is 6. The highest BCUT2D eigenvalue weighted by Crippen LogP contribution is 2.33. The van der Waals surface area contributed by atoms with Crippen LogP contribution >= 0.6 is 27.7 Å². The second kappa shape index (κ2) is 7.79. The van der Waals surface area contributed by atoms with Gasteiger partial charge in [0.2, 0.25) is 0 Å². The fraction of sp³-hybridized carbons (Fsp3) is 0.176. The van der Waals surface area contributed by atoms with Gasteiger partial charge in [0.25, 0.3) is 11.1 Å². The van der Waals surface area contributed by atoms with E-state index in [2.05, 4.69) is 15.9 Å². The van der Waals surface area contributed by atoms with Crippen LogP contribution in [-0.2, 0) is 4.79 Å². The molecule has 0 radical (unpaired) electrons. The first-order valence-electron chi connectivity index (χ1n) is 7.35. The van der Waals surface area contributed by atoms with E-state index in [0.29, 0.717) is 26.8 Å². The quantitative estimate of drug-likeness (QED) is 0.649. The first-order chi connectivity index (χ1) is 12.1. The number of furan rings is 1. The third kappa shape index (κ3) is 4.08. The van der Waals surface area contributed by atoms with Crippen LogP contribution in [-0.4, -0.2) is 36.3 Å². The van der Waals surface area contributed by atoms with Crippen molar-refractivity contribution in [1.29, 1.82) is 0 Å². The number of nitrogens with zero attached hydrogens (tertiary/aromatic N) is 1. The number of benzene rings is 1. The molecule has 0 bridgehead atoms. The Bertz CT molecular complexity index is 832. The van der Waals surface area contributed by atoms with E-state index in [9.17, 15) is 9.59 Å². The van der Waals surface area contributed by atoms with Crippen molar-refractivity contribution in [2.24, 2.45) is 0 Å². The predicted molar refractivity (Wildman–Crippen MR) is 97.6 cm³/mol. The molecule has 1 saturated heterocycles. The summed E-state index contributed by atoms with van der Waals surface area (Å²) in [7, 11) is 1.55. The molecule has 1 fully saturated rings. The van der Waals surface area contributed by atoms with Crippen molar-refractivity contribution in [1.82, 2.24) is 4.90 Å². The summed E-state index contributed by atoms with van der Waals surface area (Å²) in [6, 6.07) is 10.6. The van der Waals surface area contributed by atoms with Crippen LogP contribution in [0.1, 0.15) is 5.76 Å². The molecule has 0 aliphatic carbocycles. The lowest BCUT2D eigenvalue weighted by Crippen LogP contribution is -2.32. The van der Waals surface area contributed by atoms with Gasteiger partial charge in [-0.3, -0.25) is 14.5 Å². The highest BCUT2D eigenvalue weighted by molar-refractivity contribution is 9.10. The Labute approximate surface area is 156 Å². The molecule has 0 N–H and O–H groups in total. The van der Waals surface area contributed by atoms with E-state index in [1.807, 2.05) is 12.1 Å². The van der Waals surface area contributed by atoms with Crippen molar-refractivity contribution in [3.63, 3.8) is 0 Å². The highest BCUT2D eigenvalue weighted by Gasteiger charge is 2.35. The maximum absolute atomic E-state index is 12.4. The molecular formula is C17H14BrNO5S. The van der Waals surface area contributed by atoms with Crippen LogP contribution in [0.3, 0.4) is 0 Å². The molecule has 1 aromatic heterocycles. The molecule has 8 heteroatoms. The average Bonchev–Trinajstić information content (AvgIpc) is 3.13. The smallest absolute Gasteiger partial charge is 0.293 e. The Kier molecular flexibility index (Phi) is 5.50. The summed E-state index contributed by atoms with van der Waals surface area (Å²) >= 11 is 4.08. The average molecular weight is 424 g/mol. The number of carbonyl (C=O) groups is 2. The molecular weight excluding hydrogens is 410 g/mol. The van der Waals surface area contributed by atoms with Gasteiger partial charge in [-0.05, 0) is 52.0 Å². The Morgan fingerprint density at radius 1 is 1.20 bits per heavy atom. The summed E-state index contributed by atoms with van der Waals surface area (Å²) in [6.07, 6.45) is 1.55. The Morgan fingerprint density at radius 3 is 2.64 bits per heavy atom. The third-order valence-electron chi connectivity index (χ3n) is 3.38. The topological polar surface area (TPSA) is 69.0 Å². The van der Waals surface area contributed by atoms with E-state index < -0.39 is 0 Å². The lowest BCUT2D eigenvalue weighted by atomic mass is 10.3. The number of ether oxygens (including phenoxy) is 2. The van der Waals surface area contributed by atoms with Gasteiger partial charge >= 0.3 is 0 Å². The van der Waals surface area contributed by atoms with Crippen LogP contribution in [0.25, 0.3) is 6.08 Å². The van der Waals surface area contributed by atoms with Crippen molar-refractivity contribution in [3.8, 4) is 11.5 Å². The zero-order valence-corrected chi connectivity index (χ0v) is 15.6. The predicted octanol–water partition coefficient (Wildman–Crippen LogP) is 4.17. The molecule has 2 heterocycles. The largest absolute Gasteiger partial charge is 0.493 e. The van der Waals surface area contributed by atoms with Crippen molar-refractivity contribution in [3.05, 3.63) is 51.7 Å². The Balaban J connectivity index is 1.62. The summed E-state index contributed by atoms with van der Waals surface area (Å²) in [5.41, 5.74) is 0. The van der Waals surface area contributed by atoms with E-state index in [4.69, 9.17) is 13.9 Å². The van der Waals surface area contributed by atoms with E-state index in [1.54, 1.807) is 37.5 Å². The van der Waals surface area contributed by atoms with Crippen LogP contribution in [0, 0.1) is 0 Å². The summed E-state index contributed by atoms with van der Waals surface area (Å²) in [6.45, 7) is 0.333. The molecule has 130 valence electrons. The molecule has 1 aromatic carbocycles. The van der Waals surface area contributed by atoms with Crippen LogP contribution in [0.5, 0.6) is 11.5 Å². The van der Waals surface area contributed by atoms with E-state index in [1.165, 1.54) is 0 Å². The fourth-order valence-electron chi connectivity index (χ4n) is 2.21. The summed E-state index contributed by atoms with van der Waals surface area (Å²) in [4.78, 5) is 25.9. The molecule has 1 aliphatic heterocycles. The molecule has 0 atom stereocenters. The lowest BCUT2D eigenvalue weighted by molar-refractivity contribution is -0.123. The van der Waals surface area contributed by atoms with Crippen molar-refractivity contribution >= 4 is 44.9 Å². The third-order valence-corrected chi connectivity index (χ3v) is 4.72. The minimum atomic E-state index is -0.355. The number of carbonyl (C=O) groups excluding carboxylic acids is 2. The van der Waals surface area contributed by atoms with Gasteiger partial charge in [-0.25, -0.2) is 0 Å². The highest BCUT2D eigenvalue weighted by atomic mass is 79.9. The van der Waals surface area contributed by atoms with Crippen LogP contribution < -0.4 is 9.47 Å². The summed E-state index contributed by atoms with van der Waals surface area (Å²) < 4.78 is 16.7. The van der Waals surface area contributed by atoms with Gasteiger partial charge in [0.1, 0.15) is 12.4 Å². The Morgan fingerprint density at radius 2 is 1.96 bits per heavy atom. The molecule has 0 spiro atoms. The van der Waals surface area contributed by atoms with Crippen molar-refractivity contribution in [2.75, 3.05) is 20.3 Å².